The van der Waals surface area contributed by atoms with Crippen molar-refractivity contribution < 1.29 is 18.3 Å². The number of rotatable bonds is 7. The van der Waals surface area contributed by atoms with Gasteiger partial charge in [-0.05, 0) is 79.9 Å². The van der Waals surface area contributed by atoms with E-state index in [9.17, 15) is 8.78 Å². The van der Waals surface area contributed by atoms with Gasteiger partial charge < -0.3 is 9.47 Å². The third-order valence-electron chi connectivity index (χ3n) is 7.71. The van der Waals surface area contributed by atoms with Crippen LogP contribution in [0.15, 0.2) is 18.2 Å². The van der Waals surface area contributed by atoms with Gasteiger partial charge in [-0.1, -0.05) is 44.6 Å². The molecule has 2 saturated carbocycles. The van der Waals surface area contributed by atoms with E-state index in [1.54, 1.807) is 6.07 Å². The Morgan fingerprint density at radius 3 is 1.72 bits per heavy atom. The molecule has 4 heteroatoms. The summed E-state index contributed by atoms with van der Waals surface area (Å²) in [4.78, 5) is 0. The monoisotopic (exact) mass is 406 g/mol. The van der Waals surface area contributed by atoms with Crippen LogP contribution in [0.4, 0.5) is 8.78 Å². The van der Waals surface area contributed by atoms with Crippen molar-refractivity contribution in [3.05, 3.63) is 35.4 Å². The van der Waals surface area contributed by atoms with Crippen LogP contribution in [0.2, 0.25) is 0 Å². The lowest BCUT2D eigenvalue weighted by molar-refractivity contribution is -0.0512. The molecule has 0 bridgehead atoms. The van der Waals surface area contributed by atoms with Crippen LogP contribution in [-0.2, 0) is 9.47 Å². The number of halogens is 2. The maximum Gasteiger partial charge on any atom is 0.159 e. The second-order valence-electron chi connectivity index (χ2n) is 9.60. The average Bonchev–Trinajstić information content (AvgIpc) is 3.28. The van der Waals surface area contributed by atoms with Crippen LogP contribution in [0, 0.1) is 29.4 Å². The smallest absolute Gasteiger partial charge is 0.159 e. The molecule has 1 aliphatic heterocycles. The normalized spacial score (nSPS) is 31.2. The molecule has 0 radical (unpaired) electrons. The summed E-state index contributed by atoms with van der Waals surface area (Å²) in [5.74, 6) is 1.57. The van der Waals surface area contributed by atoms with Gasteiger partial charge in [-0.25, -0.2) is 8.78 Å². The van der Waals surface area contributed by atoms with Gasteiger partial charge >= 0.3 is 0 Å². The van der Waals surface area contributed by atoms with Crippen LogP contribution in [0.5, 0.6) is 0 Å². The molecule has 2 nitrogen and oxygen atoms in total. The van der Waals surface area contributed by atoms with Crippen molar-refractivity contribution in [2.45, 2.75) is 89.3 Å². The summed E-state index contributed by atoms with van der Waals surface area (Å²) in [6.45, 7) is 1.53. The van der Waals surface area contributed by atoms with Crippen molar-refractivity contribution in [2.24, 2.45) is 17.8 Å². The summed E-state index contributed by atoms with van der Waals surface area (Å²) in [6.07, 6.45) is 15.4. The fourth-order valence-electron chi connectivity index (χ4n) is 5.78. The molecule has 0 amide bonds. The Balaban J connectivity index is 1.11. The highest BCUT2D eigenvalue weighted by Gasteiger charge is 2.26. The Morgan fingerprint density at radius 1 is 0.655 bits per heavy atom. The molecule has 0 N–H and O–H groups in total. The Bertz CT molecular complexity index is 628. The third kappa shape index (κ3) is 6.01. The van der Waals surface area contributed by atoms with Gasteiger partial charge in [0.05, 0.1) is 13.2 Å². The highest BCUT2D eigenvalue weighted by molar-refractivity contribution is 5.22. The Kier molecular flexibility index (Phi) is 7.58. The molecular weight excluding hydrogens is 370 g/mol. The van der Waals surface area contributed by atoms with E-state index in [0.717, 1.165) is 55.8 Å². The van der Waals surface area contributed by atoms with Crippen LogP contribution in [0.25, 0.3) is 0 Å². The highest BCUT2D eigenvalue weighted by Crippen LogP contribution is 2.40. The predicted molar refractivity (Wildman–Crippen MR) is 111 cm³/mol. The first-order chi connectivity index (χ1) is 14.2. The summed E-state index contributed by atoms with van der Waals surface area (Å²) >= 11 is 0. The maximum absolute atomic E-state index is 13.5. The molecule has 0 aromatic heterocycles. The predicted octanol–water partition coefficient (Wildman–Crippen LogP) is 6.98. The van der Waals surface area contributed by atoms with E-state index in [1.165, 1.54) is 69.9 Å². The summed E-state index contributed by atoms with van der Waals surface area (Å²) < 4.78 is 37.8. The van der Waals surface area contributed by atoms with Gasteiger partial charge in [0.25, 0.3) is 0 Å². The van der Waals surface area contributed by atoms with Gasteiger partial charge in [-0.2, -0.15) is 0 Å². The molecule has 0 atom stereocenters. The topological polar surface area (TPSA) is 18.5 Å². The lowest BCUT2D eigenvalue weighted by Gasteiger charge is -2.32. The van der Waals surface area contributed by atoms with E-state index in [4.69, 9.17) is 9.47 Å². The van der Waals surface area contributed by atoms with Gasteiger partial charge in [0.15, 0.2) is 17.9 Å². The third-order valence-corrected chi connectivity index (χ3v) is 7.71. The Hall–Kier alpha value is -1.00. The lowest BCUT2D eigenvalue weighted by atomic mass is 9.74. The molecule has 1 saturated heterocycles. The summed E-state index contributed by atoms with van der Waals surface area (Å²) in [6, 6.07) is 4.46. The lowest BCUT2D eigenvalue weighted by Crippen LogP contribution is -2.19. The van der Waals surface area contributed by atoms with Crippen LogP contribution >= 0.6 is 0 Å². The summed E-state index contributed by atoms with van der Waals surface area (Å²) in [5.41, 5.74) is 0.981. The minimum absolute atomic E-state index is 0.0641. The van der Waals surface area contributed by atoms with Crippen molar-refractivity contribution in [3.8, 4) is 0 Å². The van der Waals surface area contributed by atoms with Gasteiger partial charge in [-0.3, -0.25) is 0 Å². The summed E-state index contributed by atoms with van der Waals surface area (Å²) in [7, 11) is 0. The second kappa shape index (κ2) is 10.3. The first kappa shape index (κ1) is 21.2. The molecule has 3 aliphatic rings. The van der Waals surface area contributed by atoms with Gasteiger partial charge in [-0.15, -0.1) is 0 Å². The largest absolute Gasteiger partial charge is 0.350 e. The summed E-state index contributed by atoms with van der Waals surface area (Å²) in [5, 5.41) is 0. The zero-order valence-electron chi connectivity index (χ0n) is 17.6. The van der Waals surface area contributed by atoms with Crippen LogP contribution in [-0.4, -0.2) is 19.5 Å². The standard InChI is InChI=1S/C25H36F2O2/c26-23-13-12-22(17-24(23)27)21-10-7-20(8-11-21)6-3-18-1-4-19(5-2-18)9-14-25-28-15-16-29-25/h12-13,17-21,25H,1-11,14-16H2. The van der Waals surface area contributed by atoms with E-state index in [2.05, 4.69) is 0 Å². The van der Waals surface area contributed by atoms with E-state index in [0.29, 0.717) is 5.92 Å². The fourth-order valence-corrected chi connectivity index (χ4v) is 5.78. The van der Waals surface area contributed by atoms with Crippen molar-refractivity contribution in [1.82, 2.24) is 0 Å². The van der Waals surface area contributed by atoms with Crippen molar-refractivity contribution in [1.29, 1.82) is 0 Å². The van der Waals surface area contributed by atoms with Crippen molar-refractivity contribution in [2.75, 3.05) is 13.2 Å². The molecule has 1 heterocycles. The van der Waals surface area contributed by atoms with E-state index in [-0.39, 0.29) is 6.29 Å². The minimum Gasteiger partial charge on any atom is -0.350 e. The zero-order valence-corrected chi connectivity index (χ0v) is 17.6. The van der Waals surface area contributed by atoms with E-state index >= 15 is 0 Å². The van der Waals surface area contributed by atoms with E-state index in [1.807, 2.05) is 0 Å². The fraction of sp³-hybridized carbons (Fsp3) is 0.760. The average molecular weight is 407 g/mol. The van der Waals surface area contributed by atoms with Crippen LogP contribution in [0.1, 0.15) is 88.5 Å². The molecular formula is C25H36F2O2. The first-order valence-corrected chi connectivity index (χ1v) is 11.9. The van der Waals surface area contributed by atoms with Crippen molar-refractivity contribution >= 4 is 0 Å². The number of ether oxygens (including phenoxy) is 2. The number of benzene rings is 1. The zero-order chi connectivity index (χ0) is 20.1. The molecule has 0 spiro atoms. The van der Waals surface area contributed by atoms with Gasteiger partial charge in [0.2, 0.25) is 0 Å². The minimum atomic E-state index is -0.739. The Morgan fingerprint density at radius 2 is 1.17 bits per heavy atom. The van der Waals surface area contributed by atoms with Gasteiger partial charge in [0, 0.05) is 0 Å². The SMILES string of the molecule is Fc1ccc(C2CCC(CCC3CCC(CCC4OCCO4)CC3)CC2)cc1F. The molecule has 29 heavy (non-hydrogen) atoms. The molecule has 162 valence electrons. The van der Waals surface area contributed by atoms with Gasteiger partial charge in [0.1, 0.15) is 0 Å². The maximum atomic E-state index is 13.5. The molecule has 0 unspecified atom stereocenters. The molecule has 1 aromatic rings. The highest BCUT2D eigenvalue weighted by atomic mass is 19.2. The van der Waals surface area contributed by atoms with Crippen LogP contribution < -0.4 is 0 Å². The van der Waals surface area contributed by atoms with Crippen molar-refractivity contribution in [3.63, 3.8) is 0 Å². The molecule has 3 fully saturated rings. The molecule has 4 rings (SSSR count). The van der Waals surface area contributed by atoms with Crippen LogP contribution in [0.3, 0.4) is 0 Å². The number of hydrogen-bond donors (Lipinski definition) is 0. The Labute approximate surface area is 174 Å². The molecule has 2 aliphatic carbocycles. The first-order valence-electron chi connectivity index (χ1n) is 11.9. The van der Waals surface area contributed by atoms with E-state index < -0.39 is 11.6 Å². The second-order valence-corrected chi connectivity index (χ2v) is 9.60. The molecule has 1 aromatic carbocycles. The number of hydrogen-bond acceptors (Lipinski definition) is 2. The quantitative estimate of drug-likeness (QED) is 0.486.